The van der Waals surface area contributed by atoms with E-state index in [1.807, 2.05) is 11.8 Å². The third-order valence-corrected chi connectivity index (χ3v) is 5.72. The molecule has 1 aromatic rings. The first-order chi connectivity index (χ1) is 12.4. The molecule has 2 heterocycles. The maximum atomic E-state index is 5.48. The van der Waals surface area contributed by atoms with Gasteiger partial charge in [0.2, 0.25) is 0 Å². The minimum absolute atomic E-state index is 0. The summed E-state index contributed by atoms with van der Waals surface area (Å²) < 4.78 is 5.48. The molecule has 26 heavy (non-hydrogen) atoms. The Morgan fingerprint density at radius 1 is 1.23 bits per heavy atom. The van der Waals surface area contributed by atoms with Crippen LogP contribution in [0.2, 0.25) is 0 Å². The van der Waals surface area contributed by atoms with Gasteiger partial charge < -0.3 is 15.0 Å². The minimum Gasteiger partial charge on any atom is -0.379 e. The normalized spacial score (nSPS) is 21.5. The number of ether oxygens (including phenoxy) is 1. The Hall–Kier alpha value is -0.510. The van der Waals surface area contributed by atoms with E-state index in [9.17, 15) is 0 Å². The molecule has 1 unspecified atom stereocenters. The van der Waals surface area contributed by atoms with Crippen molar-refractivity contribution in [2.24, 2.45) is 4.99 Å². The van der Waals surface area contributed by atoms with Gasteiger partial charge in [-0.25, -0.2) is 0 Å². The van der Waals surface area contributed by atoms with E-state index in [1.165, 1.54) is 11.3 Å². The van der Waals surface area contributed by atoms with Crippen molar-refractivity contribution in [2.75, 3.05) is 58.2 Å². The third kappa shape index (κ3) is 6.58. The molecular weight excluding hydrogens is 459 g/mol. The fourth-order valence-corrected chi connectivity index (χ4v) is 4.20. The van der Waals surface area contributed by atoms with Gasteiger partial charge in [-0.05, 0) is 25.5 Å². The second-order valence-corrected chi connectivity index (χ2v) is 7.60. The first kappa shape index (κ1) is 21.8. The summed E-state index contributed by atoms with van der Waals surface area (Å²) in [6.07, 6.45) is 1.23. The molecule has 1 N–H and O–H groups in total. The van der Waals surface area contributed by atoms with E-state index >= 15 is 0 Å². The molecule has 0 aliphatic carbocycles. The number of guanidine groups is 1. The van der Waals surface area contributed by atoms with Gasteiger partial charge in [0, 0.05) is 49.4 Å². The van der Waals surface area contributed by atoms with Crippen molar-refractivity contribution in [3.63, 3.8) is 0 Å². The molecule has 0 spiro atoms. The van der Waals surface area contributed by atoms with Crippen LogP contribution in [0.3, 0.4) is 0 Å². The van der Waals surface area contributed by atoms with E-state index in [0.29, 0.717) is 6.04 Å². The molecule has 3 rings (SSSR count). The lowest BCUT2D eigenvalue weighted by Crippen LogP contribution is -2.46. The van der Waals surface area contributed by atoms with Gasteiger partial charge in [0.1, 0.15) is 0 Å². The summed E-state index contributed by atoms with van der Waals surface area (Å²) in [6.45, 7) is 9.98. The van der Waals surface area contributed by atoms with Crippen LogP contribution < -0.4 is 5.32 Å². The first-order valence-electron chi connectivity index (χ1n) is 9.39. The summed E-state index contributed by atoms with van der Waals surface area (Å²) in [5.74, 6) is 2.09. The molecule has 2 aliphatic heterocycles. The van der Waals surface area contributed by atoms with Crippen LogP contribution in [-0.4, -0.2) is 80.0 Å². The van der Waals surface area contributed by atoms with E-state index in [4.69, 9.17) is 9.73 Å². The van der Waals surface area contributed by atoms with Crippen LogP contribution in [-0.2, 0) is 4.74 Å². The Labute approximate surface area is 179 Å². The van der Waals surface area contributed by atoms with Crippen molar-refractivity contribution >= 4 is 41.7 Å². The fraction of sp³-hybridized carbons (Fsp3) is 0.632. The Bertz CT molecular complexity index is 540. The molecule has 0 bridgehead atoms. The van der Waals surface area contributed by atoms with Gasteiger partial charge in [-0.1, -0.05) is 18.2 Å². The average Bonchev–Trinajstić information content (AvgIpc) is 3.16. The van der Waals surface area contributed by atoms with E-state index < -0.39 is 0 Å². The van der Waals surface area contributed by atoms with E-state index in [1.54, 1.807) is 0 Å². The van der Waals surface area contributed by atoms with Crippen molar-refractivity contribution < 1.29 is 4.74 Å². The molecule has 5 nitrogen and oxygen atoms in total. The lowest BCUT2D eigenvalue weighted by Gasteiger charge is -2.32. The Kier molecular flexibility index (Phi) is 10.1. The van der Waals surface area contributed by atoms with Gasteiger partial charge in [-0.15, -0.1) is 35.7 Å². The second-order valence-electron chi connectivity index (χ2n) is 6.43. The van der Waals surface area contributed by atoms with Crippen LogP contribution in [0, 0.1) is 0 Å². The molecule has 7 heteroatoms. The summed E-state index contributed by atoms with van der Waals surface area (Å²) in [5.41, 5.74) is 0. The number of nitrogens with one attached hydrogen (secondary N) is 1. The summed E-state index contributed by atoms with van der Waals surface area (Å²) in [4.78, 5) is 11.2. The SMILES string of the molecule is CCNC(=NCCSc1ccccc1)N1CCC(N2CCOCC2)C1.I. The zero-order valence-corrected chi connectivity index (χ0v) is 18.7. The van der Waals surface area contributed by atoms with Crippen molar-refractivity contribution in [1.82, 2.24) is 15.1 Å². The molecule has 0 aromatic heterocycles. The summed E-state index contributed by atoms with van der Waals surface area (Å²) in [5, 5.41) is 3.47. The van der Waals surface area contributed by atoms with Crippen LogP contribution in [0.5, 0.6) is 0 Å². The third-order valence-electron chi connectivity index (χ3n) is 4.72. The van der Waals surface area contributed by atoms with Crippen molar-refractivity contribution in [3.05, 3.63) is 30.3 Å². The number of thioether (sulfide) groups is 1. The van der Waals surface area contributed by atoms with Crippen LogP contribution >= 0.6 is 35.7 Å². The molecule has 146 valence electrons. The summed E-state index contributed by atoms with van der Waals surface area (Å²) in [6, 6.07) is 11.2. The highest BCUT2D eigenvalue weighted by Gasteiger charge is 2.30. The van der Waals surface area contributed by atoms with Gasteiger partial charge in [-0.2, -0.15) is 0 Å². The summed E-state index contributed by atoms with van der Waals surface area (Å²) in [7, 11) is 0. The van der Waals surface area contributed by atoms with E-state index in [2.05, 4.69) is 52.4 Å². The standard InChI is InChI=1S/C19H30N4OS.HI/c1-2-20-19(21-9-15-25-18-6-4-3-5-7-18)23-10-8-17(16-23)22-11-13-24-14-12-22;/h3-7,17H,2,8-16H2,1H3,(H,20,21);1H. The van der Waals surface area contributed by atoms with Crippen molar-refractivity contribution in [3.8, 4) is 0 Å². The predicted molar refractivity (Wildman–Crippen MR) is 121 cm³/mol. The number of morpholine rings is 1. The van der Waals surface area contributed by atoms with E-state index in [-0.39, 0.29) is 24.0 Å². The van der Waals surface area contributed by atoms with Crippen molar-refractivity contribution in [1.29, 1.82) is 0 Å². The number of aliphatic imine (C=N–C) groups is 1. The molecular formula is C19H31IN4OS. The maximum Gasteiger partial charge on any atom is 0.193 e. The molecule has 0 saturated carbocycles. The van der Waals surface area contributed by atoms with Crippen molar-refractivity contribution in [2.45, 2.75) is 24.3 Å². The molecule has 1 atom stereocenters. The highest BCUT2D eigenvalue weighted by atomic mass is 127. The minimum atomic E-state index is 0. The quantitative estimate of drug-likeness (QED) is 0.218. The number of hydrogen-bond donors (Lipinski definition) is 1. The second kappa shape index (κ2) is 12.0. The number of benzene rings is 1. The van der Waals surface area contributed by atoms with Crippen LogP contribution in [0.4, 0.5) is 0 Å². The number of likely N-dealkylation sites (tertiary alicyclic amines) is 1. The van der Waals surface area contributed by atoms with Gasteiger partial charge in [0.05, 0.1) is 19.8 Å². The van der Waals surface area contributed by atoms with Crippen LogP contribution in [0.25, 0.3) is 0 Å². The molecule has 2 aliphatic rings. The number of halogens is 1. The fourth-order valence-electron chi connectivity index (χ4n) is 3.43. The molecule has 0 radical (unpaired) electrons. The Morgan fingerprint density at radius 2 is 2.00 bits per heavy atom. The lowest BCUT2D eigenvalue weighted by molar-refractivity contribution is 0.0195. The highest BCUT2D eigenvalue weighted by molar-refractivity contribution is 14.0. The number of hydrogen-bond acceptors (Lipinski definition) is 4. The first-order valence-corrected chi connectivity index (χ1v) is 10.4. The monoisotopic (exact) mass is 490 g/mol. The van der Waals surface area contributed by atoms with Gasteiger partial charge in [0.15, 0.2) is 5.96 Å². The Balaban J connectivity index is 0.00000243. The topological polar surface area (TPSA) is 40.1 Å². The van der Waals surface area contributed by atoms with Gasteiger partial charge in [0.25, 0.3) is 0 Å². The molecule has 2 saturated heterocycles. The van der Waals surface area contributed by atoms with Crippen LogP contribution in [0.15, 0.2) is 40.2 Å². The Morgan fingerprint density at radius 3 is 2.73 bits per heavy atom. The van der Waals surface area contributed by atoms with Gasteiger partial charge >= 0.3 is 0 Å². The van der Waals surface area contributed by atoms with Crippen LogP contribution in [0.1, 0.15) is 13.3 Å². The number of nitrogens with zero attached hydrogens (tertiary/aromatic N) is 3. The molecule has 2 fully saturated rings. The largest absolute Gasteiger partial charge is 0.379 e. The molecule has 1 aromatic carbocycles. The summed E-state index contributed by atoms with van der Waals surface area (Å²) >= 11 is 1.87. The predicted octanol–water partition coefficient (Wildman–Crippen LogP) is 2.77. The van der Waals surface area contributed by atoms with Gasteiger partial charge in [-0.3, -0.25) is 9.89 Å². The molecule has 0 amide bonds. The highest BCUT2D eigenvalue weighted by Crippen LogP contribution is 2.18. The average molecular weight is 490 g/mol. The lowest BCUT2D eigenvalue weighted by atomic mass is 10.2. The maximum absolute atomic E-state index is 5.48. The zero-order valence-electron chi connectivity index (χ0n) is 15.6. The van der Waals surface area contributed by atoms with E-state index in [0.717, 1.165) is 64.2 Å². The zero-order chi connectivity index (χ0) is 17.3. The number of rotatable bonds is 6. The smallest absolute Gasteiger partial charge is 0.193 e.